The van der Waals surface area contributed by atoms with Gasteiger partial charge in [0, 0.05) is 16.3 Å². The van der Waals surface area contributed by atoms with Gasteiger partial charge >= 0.3 is 5.97 Å². The van der Waals surface area contributed by atoms with E-state index in [1.807, 2.05) is 37.3 Å². The van der Waals surface area contributed by atoms with Crippen LogP contribution in [-0.4, -0.2) is 17.0 Å². The standard InChI is InChI=1S/C23H18ClNO3/c1-14-9-11-17(12-10-14)25-21(15-5-4-6-16(24)13-15)20(23(27)28)18-7-2-3-8-19(18)22(25)26/h2-13,20-21H,1H3,(H,27,28)/t20-,21-/m1/s1. The van der Waals surface area contributed by atoms with Gasteiger partial charge in [0.1, 0.15) is 5.92 Å². The Morgan fingerprint density at radius 3 is 2.39 bits per heavy atom. The Hall–Kier alpha value is -3.11. The second-order valence-corrected chi connectivity index (χ2v) is 7.35. The van der Waals surface area contributed by atoms with Gasteiger partial charge in [0.05, 0.1) is 6.04 Å². The summed E-state index contributed by atoms with van der Waals surface area (Å²) in [6, 6.07) is 20.8. The smallest absolute Gasteiger partial charge is 0.313 e. The molecule has 0 saturated heterocycles. The third-order valence-electron chi connectivity index (χ3n) is 5.11. The molecule has 140 valence electrons. The summed E-state index contributed by atoms with van der Waals surface area (Å²) < 4.78 is 0. The van der Waals surface area contributed by atoms with Gasteiger partial charge in [-0.25, -0.2) is 0 Å². The number of fused-ring (bicyclic) bond motifs is 1. The number of carbonyl (C=O) groups excluding carboxylic acids is 1. The molecule has 1 aliphatic rings. The molecule has 1 aliphatic heterocycles. The molecule has 4 rings (SSSR count). The second kappa shape index (κ2) is 7.13. The zero-order valence-corrected chi connectivity index (χ0v) is 15.9. The van der Waals surface area contributed by atoms with Crippen LogP contribution >= 0.6 is 11.6 Å². The zero-order valence-electron chi connectivity index (χ0n) is 15.2. The van der Waals surface area contributed by atoms with E-state index in [2.05, 4.69) is 0 Å². The summed E-state index contributed by atoms with van der Waals surface area (Å²) in [6.07, 6.45) is 0. The molecule has 0 radical (unpaired) electrons. The first-order valence-electron chi connectivity index (χ1n) is 8.95. The summed E-state index contributed by atoms with van der Waals surface area (Å²) in [4.78, 5) is 27.4. The van der Waals surface area contributed by atoms with E-state index in [0.29, 0.717) is 27.4 Å². The average molecular weight is 392 g/mol. The highest BCUT2D eigenvalue weighted by Gasteiger charge is 2.44. The van der Waals surface area contributed by atoms with E-state index in [1.54, 1.807) is 47.4 Å². The minimum atomic E-state index is -0.984. The van der Waals surface area contributed by atoms with Crippen LogP contribution in [0.3, 0.4) is 0 Å². The van der Waals surface area contributed by atoms with Crippen LogP contribution in [-0.2, 0) is 4.79 Å². The summed E-state index contributed by atoms with van der Waals surface area (Å²) in [6.45, 7) is 1.96. The van der Waals surface area contributed by atoms with E-state index in [-0.39, 0.29) is 5.91 Å². The monoisotopic (exact) mass is 391 g/mol. The fourth-order valence-corrected chi connectivity index (χ4v) is 4.02. The molecule has 0 spiro atoms. The number of nitrogens with zero attached hydrogens (tertiary/aromatic N) is 1. The molecule has 3 aromatic carbocycles. The molecule has 0 bridgehead atoms. The Labute approximate surface area is 168 Å². The fourth-order valence-electron chi connectivity index (χ4n) is 3.82. The Balaban J connectivity index is 1.99. The number of carboxylic acids is 1. The molecule has 1 heterocycles. The molecule has 28 heavy (non-hydrogen) atoms. The zero-order chi connectivity index (χ0) is 19.8. The summed E-state index contributed by atoms with van der Waals surface area (Å²) in [5.41, 5.74) is 3.33. The molecule has 3 aromatic rings. The lowest BCUT2D eigenvalue weighted by atomic mass is 9.79. The van der Waals surface area contributed by atoms with Gasteiger partial charge in [-0.3, -0.25) is 14.5 Å². The maximum absolute atomic E-state index is 13.4. The van der Waals surface area contributed by atoms with Crippen molar-refractivity contribution in [2.75, 3.05) is 4.90 Å². The van der Waals surface area contributed by atoms with Crippen molar-refractivity contribution in [2.45, 2.75) is 18.9 Å². The lowest BCUT2D eigenvalue weighted by Crippen LogP contribution is -2.45. The molecule has 1 N–H and O–H groups in total. The molecule has 0 aromatic heterocycles. The summed E-state index contributed by atoms with van der Waals surface area (Å²) in [5.74, 6) is -2.11. The number of aryl methyl sites for hydroxylation is 1. The van der Waals surface area contributed by atoms with Gasteiger partial charge in [0.15, 0.2) is 0 Å². The molecule has 0 unspecified atom stereocenters. The predicted molar refractivity (Wildman–Crippen MR) is 109 cm³/mol. The minimum Gasteiger partial charge on any atom is -0.481 e. The largest absolute Gasteiger partial charge is 0.481 e. The fraction of sp³-hybridized carbons (Fsp3) is 0.130. The third kappa shape index (κ3) is 3.06. The van der Waals surface area contributed by atoms with Crippen LogP contribution in [0.1, 0.15) is 39.0 Å². The average Bonchev–Trinajstić information content (AvgIpc) is 2.68. The SMILES string of the molecule is Cc1ccc(N2C(=O)c3ccccc3[C@@H](C(=O)O)[C@H]2c2cccc(Cl)c2)cc1. The number of anilines is 1. The molecule has 2 atom stereocenters. The molecule has 4 nitrogen and oxygen atoms in total. The number of aliphatic carboxylic acids is 1. The second-order valence-electron chi connectivity index (χ2n) is 6.91. The Bertz CT molecular complexity index is 1060. The van der Waals surface area contributed by atoms with E-state index in [9.17, 15) is 14.7 Å². The molecule has 0 aliphatic carbocycles. The molecule has 0 fully saturated rings. The van der Waals surface area contributed by atoms with Crippen molar-refractivity contribution < 1.29 is 14.7 Å². The van der Waals surface area contributed by atoms with Gasteiger partial charge in [0.25, 0.3) is 5.91 Å². The van der Waals surface area contributed by atoms with Crippen LogP contribution in [0.25, 0.3) is 0 Å². The van der Waals surface area contributed by atoms with Crippen molar-refractivity contribution in [3.63, 3.8) is 0 Å². The summed E-state index contributed by atoms with van der Waals surface area (Å²) in [5, 5.41) is 10.6. The van der Waals surface area contributed by atoms with E-state index >= 15 is 0 Å². The predicted octanol–water partition coefficient (Wildman–Crippen LogP) is 5.22. The Morgan fingerprint density at radius 2 is 1.71 bits per heavy atom. The molecular weight excluding hydrogens is 374 g/mol. The lowest BCUT2D eigenvalue weighted by molar-refractivity contribution is -0.139. The van der Waals surface area contributed by atoms with Gasteiger partial charge in [-0.1, -0.05) is 59.6 Å². The van der Waals surface area contributed by atoms with E-state index < -0.39 is 17.9 Å². The highest BCUT2D eigenvalue weighted by molar-refractivity contribution is 6.30. The first-order chi connectivity index (χ1) is 13.5. The molecular formula is C23H18ClNO3. The minimum absolute atomic E-state index is 0.220. The Morgan fingerprint density at radius 1 is 1.00 bits per heavy atom. The van der Waals surface area contributed by atoms with Gasteiger partial charge in [-0.05, 0) is 48.4 Å². The molecule has 5 heteroatoms. The van der Waals surface area contributed by atoms with E-state index in [4.69, 9.17) is 11.6 Å². The molecule has 0 saturated carbocycles. The van der Waals surface area contributed by atoms with E-state index in [1.165, 1.54) is 0 Å². The quantitative estimate of drug-likeness (QED) is 0.666. The number of carboxylic acid groups (broad SMARTS) is 1. The van der Waals surface area contributed by atoms with Crippen LogP contribution in [0, 0.1) is 6.92 Å². The maximum atomic E-state index is 13.4. The molecule has 1 amide bonds. The lowest BCUT2D eigenvalue weighted by Gasteiger charge is -2.41. The first-order valence-corrected chi connectivity index (χ1v) is 9.32. The van der Waals surface area contributed by atoms with Crippen molar-refractivity contribution in [1.82, 2.24) is 0 Å². The van der Waals surface area contributed by atoms with Gasteiger partial charge in [-0.15, -0.1) is 0 Å². The van der Waals surface area contributed by atoms with Crippen molar-refractivity contribution in [3.05, 3.63) is 100 Å². The highest BCUT2D eigenvalue weighted by atomic mass is 35.5. The third-order valence-corrected chi connectivity index (χ3v) is 5.34. The van der Waals surface area contributed by atoms with Crippen LogP contribution in [0.2, 0.25) is 5.02 Å². The number of rotatable bonds is 3. The van der Waals surface area contributed by atoms with Crippen LogP contribution < -0.4 is 4.90 Å². The van der Waals surface area contributed by atoms with Gasteiger partial charge in [0.2, 0.25) is 0 Å². The van der Waals surface area contributed by atoms with Crippen molar-refractivity contribution in [2.24, 2.45) is 0 Å². The number of carbonyl (C=O) groups is 2. The Kier molecular flexibility index (Phi) is 4.65. The summed E-state index contributed by atoms with van der Waals surface area (Å²) in [7, 11) is 0. The first kappa shape index (κ1) is 18.3. The van der Waals surface area contributed by atoms with Gasteiger partial charge < -0.3 is 5.11 Å². The van der Waals surface area contributed by atoms with Crippen LogP contribution in [0.4, 0.5) is 5.69 Å². The number of halogens is 1. The van der Waals surface area contributed by atoms with Crippen molar-refractivity contribution in [1.29, 1.82) is 0 Å². The van der Waals surface area contributed by atoms with Crippen LogP contribution in [0.5, 0.6) is 0 Å². The normalized spacial score (nSPS) is 18.6. The van der Waals surface area contributed by atoms with Gasteiger partial charge in [-0.2, -0.15) is 0 Å². The number of hydrogen-bond donors (Lipinski definition) is 1. The van der Waals surface area contributed by atoms with Crippen molar-refractivity contribution >= 4 is 29.2 Å². The van der Waals surface area contributed by atoms with Crippen molar-refractivity contribution in [3.8, 4) is 0 Å². The maximum Gasteiger partial charge on any atom is 0.313 e. The van der Waals surface area contributed by atoms with E-state index in [0.717, 1.165) is 5.56 Å². The number of benzene rings is 3. The van der Waals surface area contributed by atoms with Crippen LogP contribution in [0.15, 0.2) is 72.8 Å². The topological polar surface area (TPSA) is 57.6 Å². The number of hydrogen-bond acceptors (Lipinski definition) is 2. The number of amides is 1. The highest BCUT2D eigenvalue weighted by Crippen LogP contribution is 2.45. The summed E-state index contributed by atoms with van der Waals surface area (Å²) >= 11 is 6.19.